The maximum absolute atomic E-state index is 12.1. The molecule has 1 aliphatic rings. The molecule has 0 aromatic rings. The van der Waals surface area contributed by atoms with Gasteiger partial charge in [0, 0.05) is 0 Å². The molecule has 1 saturated heterocycles. The molecule has 0 unspecified atom stereocenters. The van der Waals surface area contributed by atoms with Gasteiger partial charge in [-0.05, 0) is 0 Å². The lowest BCUT2D eigenvalue weighted by molar-refractivity contribution is -0.278. The van der Waals surface area contributed by atoms with E-state index in [0.29, 0.717) is 0 Å². The Morgan fingerprint density at radius 2 is 1.63 bits per heavy atom. The van der Waals surface area contributed by atoms with Gasteiger partial charge in [0.25, 0.3) is 0 Å². The molecule has 8 nitrogen and oxygen atoms in total. The van der Waals surface area contributed by atoms with Crippen molar-refractivity contribution in [3.05, 3.63) is 0 Å². The molecule has 1 heterocycles. The third-order valence-corrected chi connectivity index (χ3v) is 3.36. The predicted molar refractivity (Wildman–Crippen MR) is 49.8 cm³/mol. The minimum absolute atomic E-state index is 0.934. The van der Waals surface area contributed by atoms with Gasteiger partial charge in [0.05, 0.1) is 6.61 Å². The summed E-state index contributed by atoms with van der Waals surface area (Å²) < 4.78 is 65.6. The van der Waals surface area contributed by atoms with E-state index < -0.39 is 52.9 Å². The number of alkyl halides is 3. The van der Waals surface area contributed by atoms with Crippen LogP contribution in [0.4, 0.5) is 13.2 Å². The average Bonchev–Trinajstić information content (AvgIpc) is 2.28. The smallest absolute Gasteiger partial charge is 0.394 e. The molecule has 0 bridgehead atoms. The van der Waals surface area contributed by atoms with E-state index in [1.165, 1.54) is 0 Å². The molecule has 0 radical (unpaired) electrons. The van der Waals surface area contributed by atoms with E-state index in [0.717, 1.165) is 0 Å². The van der Waals surface area contributed by atoms with Crippen LogP contribution in [0.2, 0.25) is 0 Å². The second-order valence-electron chi connectivity index (χ2n) is 3.69. The summed E-state index contributed by atoms with van der Waals surface area (Å²) in [6.45, 7) is -0.934. The van der Waals surface area contributed by atoms with E-state index >= 15 is 0 Å². The number of ether oxygens (including phenoxy) is 1. The van der Waals surface area contributed by atoms with Gasteiger partial charge in [0.15, 0.2) is 0 Å². The van der Waals surface area contributed by atoms with Crippen molar-refractivity contribution in [3.8, 4) is 0 Å². The van der Waals surface area contributed by atoms with E-state index in [1.54, 1.807) is 0 Å². The summed E-state index contributed by atoms with van der Waals surface area (Å²) >= 11 is 0. The minimum atomic E-state index is -6.06. The van der Waals surface area contributed by atoms with Gasteiger partial charge in [0.1, 0.15) is 24.4 Å². The zero-order chi connectivity index (χ0) is 15.0. The molecule has 1 fully saturated rings. The van der Waals surface area contributed by atoms with Crippen LogP contribution in [0.1, 0.15) is 0 Å². The predicted octanol–water partition coefficient (Wildman–Crippen LogP) is -2.35. The summed E-state index contributed by atoms with van der Waals surface area (Å²) in [4.78, 5) is 0. The normalized spacial score (nSPS) is 37.3. The molecule has 0 amide bonds. The molecular formula is C7H11F3O8S. The van der Waals surface area contributed by atoms with E-state index in [1.807, 2.05) is 0 Å². The topological polar surface area (TPSA) is 134 Å². The molecule has 0 aromatic heterocycles. The maximum atomic E-state index is 12.1. The molecule has 0 saturated carbocycles. The Morgan fingerprint density at radius 3 is 2.05 bits per heavy atom. The maximum Gasteiger partial charge on any atom is 0.523 e. The highest BCUT2D eigenvalue weighted by molar-refractivity contribution is 7.87. The van der Waals surface area contributed by atoms with Gasteiger partial charge in [-0.3, -0.25) is 0 Å². The molecule has 4 N–H and O–H groups in total. The summed E-state index contributed by atoms with van der Waals surface area (Å²) in [5, 5.41) is 36.5. The Balaban J connectivity index is 2.89. The van der Waals surface area contributed by atoms with Crippen molar-refractivity contribution in [3.63, 3.8) is 0 Å². The number of aliphatic hydroxyl groups is 4. The number of hydrogen-bond donors (Lipinski definition) is 4. The van der Waals surface area contributed by atoms with Crippen LogP contribution in [0.25, 0.3) is 0 Å². The summed E-state index contributed by atoms with van der Waals surface area (Å²) in [5.41, 5.74) is -5.74. The van der Waals surface area contributed by atoms with Gasteiger partial charge < -0.3 is 25.2 Å². The molecule has 12 heteroatoms. The lowest BCUT2D eigenvalue weighted by atomic mass is 10.00. The molecule has 1 aliphatic heterocycles. The third kappa shape index (κ3) is 3.34. The molecule has 0 aromatic carbocycles. The van der Waals surface area contributed by atoms with Crippen molar-refractivity contribution < 1.29 is 50.9 Å². The molecule has 5 atom stereocenters. The van der Waals surface area contributed by atoms with Crippen molar-refractivity contribution in [1.82, 2.24) is 0 Å². The first-order valence-electron chi connectivity index (χ1n) is 4.81. The van der Waals surface area contributed by atoms with Crippen LogP contribution in [0.5, 0.6) is 0 Å². The van der Waals surface area contributed by atoms with Gasteiger partial charge in [-0.15, -0.1) is 0 Å². The largest absolute Gasteiger partial charge is 0.523 e. The van der Waals surface area contributed by atoms with Crippen LogP contribution in [0.3, 0.4) is 0 Å². The minimum Gasteiger partial charge on any atom is -0.394 e. The Labute approximate surface area is 105 Å². The monoisotopic (exact) mass is 312 g/mol. The number of halogens is 3. The molecular weight excluding hydrogens is 301 g/mol. The zero-order valence-corrected chi connectivity index (χ0v) is 9.87. The average molecular weight is 312 g/mol. The number of hydrogen-bond acceptors (Lipinski definition) is 8. The summed E-state index contributed by atoms with van der Waals surface area (Å²) in [5.74, 6) is 0. The molecule has 19 heavy (non-hydrogen) atoms. The first-order chi connectivity index (χ1) is 8.51. The fourth-order valence-corrected chi connectivity index (χ4v) is 1.84. The van der Waals surface area contributed by atoms with E-state index in [2.05, 4.69) is 8.92 Å². The Kier molecular flexibility index (Phi) is 4.77. The van der Waals surface area contributed by atoms with Gasteiger partial charge in [-0.2, -0.15) is 21.6 Å². The van der Waals surface area contributed by atoms with Crippen LogP contribution in [0.15, 0.2) is 0 Å². The lowest BCUT2D eigenvalue weighted by Crippen LogP contribution is -2.59. The van der Waals surface area contributed by atoms with Gasteiger partial charge in [0.2, 0.25) is 6.29 Å². The first-order valence-corrected chi connectivity index (χ1v) is 6.22. The van der Waals surface area contributed by atoms with E-state index in [4.69, 9.17) is 5.11 Å². The van der Waals surface area contributed by atoms with Crippen LogP contribution < -0.4 is 0 Å². The van der Waals surface area contributed by atoms with E-state index in [-0.39, 0.29) is 0 Å². The molecule has 0 spiro atoms. The van der Waals surface area contributed by atoms with Crippen molar-refractivity contribution in [2.75, 3.05) is 6.61 Å². The van der Waals surface area contributed by atoms with Gasteiger partial charge in [-0.25, -0.2) is 4.18 Å². The third-order valence-electron chi connectivity index (χ3n) is 2.35. The summed E-state index contributed by atoms with van der Waals surface area (Å²) in [6, 6.07) is 0. The highest BCUT2D eigenvalue weighted by Gasteiger charge is 2.53. The summed E-state index contributed by atoms with van der Waals surface area (Å²) in [6.07, 6.45) is -10.1. The van der Waals surface area contributed by atoms with Crippen molar-refractivity contribution in [1.29, 1.82) is 0 Å². The fourth-order valence-electron chi connectivity index (χ4n) is 1.33. The Hall–Kier alpha value is -0.500. The van der Waals surface area contributed by atoms with Gasteiger partial charge >= 0.3 is 15.6 Å². The second kappa shape index (κ2) is 5.47. The highest BCUT2D eigenvalue weighted by atomic mass is 32.2. The standard InChI is InChI=1S/C7H11F3O8S/c8-7(9,10)19(15,16)18-6-5(14)4(13)3(12)2(1-11)17-6/h2-6,11-14H,1H2/t2-,3-,4+,5+,6-/m1/s1. The second-order valence-corrected chi connectivity index (χ2v) is 5.26. The number of aliphatic hydroxyl groups excluding tert-OH is 4. The van der Waals surface area contributed by atoms with Crippen LogP contribution in [-0.2, 0) is 19.0 Å². The number of rotatable bonds is 3. The quantitative estimate of drug-likeness (QED) is 0.336. The SMILES string of the molecule is O=S(=O)(O[C@H]1O[C@H](CO)[C@@H](O)[C@H](O)[C@@H]1O)C(F)(F)F. The Morgan fingerprint density at radius 1 is 1.11 bits per heavy atom. The Bertz CT molecular complexity index is 407. The van der Waals surface area contributed by atoms with Crippen molar-refractivity contribution >= 4 is 10.1 Å². The molecule has 114 valence electrons. The van der Waals surface area contributed by atoms with E-state index in [9.17, 15) is 36.9 Å². The van der Waals surface area contributed by atoms with Crippen LogP contribution in [0, 0.1) is 0 Å². The first kappa shape index (κ1) is 16.6. The van der Waals surface area contributed by atoms with Crippen molar-refractivity contribution in [2.24, 2.45) is 0 Å². The molecule has 0 aliphatic carbocycles. The summed E-state index contributed by atoms with van der Waals surface area (Å²) in [7, 11) is -6.06. The van der Waals surface area contributed by atoms with Gasteiger partial charge in [-0.1, -0.05) is 0 Å². The lowest BCUT2D eigenvalue weighted by Gasteiger charge is -2.39. The van der Waals surface area contributed by atoms with Crippen LogP contribution in [-0.4, -0.2) is 71.7 Å². The zero-order valence-electron chi connectivity index (χ0n) is 9.06. The van der Waals surface area contributed by atoms with Crippen molar-refractivity contribution in [2.45, 2.75) is 36.2 Å². The van der Waals surface area contributed by atoms with Crippen LogP contribution >= 0.6 is 0 Å². The molecule has 1 rings (SSSR count). The highest BCUT2D eigenvalue weighted by Crippen LogP contribution is 2.29. The fraction of sp³-hybridized carbons (Fsp3) is 1.00.